The number of anilines is 2. The second-order valence-corrected chi connectivity index (χ2v) is 13.8. The summed E-state index contributed by atoms with van der Waals surface area (Å²) in [5, 5.41) is 6.03. The first-order chi connectivity index (χ1) is 20.4. The summed E-state index contributed by atoms with van der Waals surface area (Å²) in [4.78, 5) is 13.5. The molecule has 0 bridgehead atoms. The minimum absolute atomic E-state index is 0.0214. The SMILES string of the molecule is Cc1ccc(NC(=O)[C@H]2CCCN(S(=O)(=O)c3c(Cl)cccc3Cl)[C@H]2c2ccc(NC3CCCC3)cc2)cc1C(F)(F)F. The van der Waals surface area contributed by atoms with Gasteiger partial charge in [-0.3, -0.25) is 4.79 Å². The molecule has 2 atom stereocenters. The van der Waals surface area contributed by atoms with E-state index in [4.69, 9.17) is 23.2 Å². The smallest absolute Gasteiger partial charge is 0.382 e. The van der Waals surface area contributed by atoms with E-state index in [1.54, 1.807) is 18.2 Å². The summed E-state index contributed by atoms with van der Waals surface area (Å²) in [6.07, 6.45) is 0.552. The number of piperidine rings is 1. The zero-order valence-corrected chi connectivity index (χ0v) is 25.8. The summed E-state index contributed by atoms with van der Waals surface area (Å²) in [5.74, 6) is -1.49. The molecule has 5 rings (SSSR count). The monoisotopic (exact) mass is 653 g/mol. The van der Waals surface area contributed by atoms with Gasteiger partial charge in [-0.05, 0) is 80.1 Å². The van der Waals surface area contributed by atoms with Gasteiger partial charge in [0.15, 0.2) is 0 Å². The lowest BCUT2D eigenvalue weighted by atomic mass is 9.85. The van der Waals surface area contributed by atoms with Crippen LogP contribution in [-0.4, -0.2) is 31.2 Å². The molecule has 43 heavy (non-hydrogen) atoms. The minimum Gasteiger partial charge on any atom is -0.382 e. The van der Waals surface area contributed by atoms with Crippen LogP contribution in [0.1, 0.15) is 61.3 Å². The molecule has 0 spiro atoms. The number of nitrogens with zero attached hydrogens (tertiary/aromatic N) is 1. The van der Waals surface area contributed by atoms with Crippen LogP contribution in [0.5, 0.6) is 0 Å². The Morgan fingerprint density at radius 3 is 2.16 bits per heavy atom. The first-order valence-corrected chi connectivity index (χ1v) is 16.4. The Morgan fingerprint density at radius 2 is 1.53 bits per heavy atom. The zero-order valence-electron chi connectivity index (χ0n) is 23.4. The molecule has 1 saturated heterocycles. The fraction of sp³-hybridized carbons (Fsp3) is 0.387. The maximum Gasteiger partial charge on any atom is 0.416 e. The van der Waals surface area contributed by atoms with E-state index in [2.05, 4.69) is 10.6 Å². The lowest BCUT2D eigenvalue weighted by Crippen LogP contribution is -2.46. The lowest BCUT2D eigenvalue weighted by Gasteiger charge is -2.40. The first-order valence-electron chi connectivity index (χ1n) is 14.2. The van der Waals surface area contributed by atoms with E-state index in [0.29, 0.717) is 24.4 Å². The van der Waals surface area contributed by atoms with E-state index in [9.17, 15) is 26.4 Å². The van der Waals surface area contributed by atoms with E-state index in [-0.39, 0.29) is 32.7 Å². The largest absolute Gasteiger partial charge is 0.416 e. The number of aryl methyl sites for hydroxylation is 1. The minimum atomic E-state index is -4.59. The molecule has 1 saturated carbocycles. The third-order valence-electron chi connectivity index (χ3n) is 8.20. The van der Waals surface area contributed by atoms with Gasteiger partial charge in [0.25, 0.3) is 0 Å². The van der Waals surface area contributed by atoms with Crippen LogP contribution in [0.25, 0.3) is 0 Å². The lowest BCUT2D eigenvalue weighted by molar-refractivity contribution is -0.138. The Balaban J connectivity index is 1.52. The van der Waals surface area contributed by atoms with Gasteiger partial charge in [0.1, 0.15) is 4.90 Å². The topological polar surface area (TPSA) is 78.5 Å². The van der Waals surface area contributed by atoms with E-state index < -0.39 is 39.6 Å². The van der Waals surface area contributed by atoms with Crippen molar-refractivity contribution in [3.05, 3.63) is 87.4 Å². The molecule has 0 radical (unpaired) electrons. The summed E-state index contributed by atoms with van der Waals surface area (Å²) in [5.41, 5.74) is 0.611. The summed E-state index contributed by atoms with van der Waals surface area (Å²) in [6.45, 7) is 1.45. The van der Waals surface area contributed by atoms with Crippen LogP contribution in [0, 0.1) is 12.8 Å². The molecule has 3 aromatic carbocycles. The van der Waals surface area contributed by atoms with Crippen molar-refractivity contribution >= 4 is 50.5 Å². The van der Waals surface area contributed by atoms with Crippen molar-refractivity contribution in [2.45, 2.75) is 68.6 Å². The van der Waals surface area contributed by atoms with E-state index in [1.807, 2.05) is 12.1 Å². The van der Waals surface area contributed by atoms with E-state index in [1.165, 1.54) is 35.5 Å². The molecule has 1 aliphatic carbocycles. The van der Waals surface area contributed by atoms with Crippen molar-refractivity contribution in [2.24, 2.45) is 5.92 Å². The Bertz CT molecular complexity index is 1570. The fourth-order valence-corrected chi connectivity index (χ4v) is 8.86. The van der Waals surface area contributed by atoms with Crippen LogP contribution >= 0.6 is 23.2 Å². The molecule has 2 fully saturated rings. The maximum atomic E-state index is 14.1. The van der Waals surface area contributed by atoms with Crippen molar-refractivity contribution in [1.29, 1.82) is 0 Å². The van der Waals surface area contributed by atoms with Gasteiger partial charge in [0, 0.05) is 24.0 Å². The second-order valence-electron chi connectivity index (χ2n) is 11.1. The normalized spacial score (nSPS) is 20.2. The summed E-state index contributed by atoms with van der Waals surface area (Å²) in [6, 6.07) is 14.7. The number of halogens is 5. The quantitative estimate of drug-likeness (QED) is 0.268. The van der Waals surface area contributed by atoms with Gasteiger partial charge in [0.2, 0.25) is 15.9 Å². The number of rotatable bonds is 7. The number of sulfonamides is 1. The number of hydrogen-bond acceptors (Lipinski definition) is 4. The van der Waals surface area contributed by atoms with Gasteiger partial charge in [-0.25, -0.2) is 8.42 Å². The average molecular weight is 655 g/mol. The number of hydrogen-bond donors (Lipinski definition) is 2. The fourth-order valence-electron chi connectivity index (χ4n) is 6.08. The van der Waals surface area contributed by atoms with Crippen LogP contribution in [0.2, 0.25) is 10.0 Å². The molecule has 6 nitrogen and oxygen atoms in total. The molecule has 12 heteroatoms. The molecule has 2 N–H and O–H groups in total. The van der Waals surface area contributed by atoms with Gasteiger partial charge < -0.3 is 10.6 Å². The number of nitrogens with one attached hydrogen (secondary N) is 2. The van der Waals surface area contributed by atoms with Crippen molar-refractivity contribution in [2.75, 3.05) is 17.2 Å². The average Bonchev–Trinajstić information content (AvgIpc) is 3.46. The standard InChI is InChI=1S/C31H32Cl2F3N3O3S/c1-19-11-14-23(18-25(19)31(34,35)36)38-30(40)24-8-5-17-39(43(41,42)29-26(32)9-4-10-27(29)33)28(24)20-12-15-22(16-13-20)37-21-6-2-3-7-21/h4,9-16,18,21,24,28,37H,2-3,5-8,17H2,1H3,(H,38,40)/t24-,28-/m0/s1. The molecule has 230 valence electrons. The number of benzene rings is 3. The molecule has 1 amide bonds. The highest BCUT2D eigenvalue weighted by Gasteiger charge is 2.44. The van der Waals surface area contributed by atoms with Gasteiger partial charge in [0.05, 0.1) is 27.6 Å². The van der Waals surface area contributed by atoms with Gasteiger partial charge in [-0.15, -0.1) is 0 Å². The highest BCUT2D eigenvalue weighted by molar-refractivity contribution is 7.89. The third-order valence-corrected chi connectivity index (χ3v) is 11.0. The van der Waals surface area contributed by atoms with Crippen molar-refractivity contribution in [3.63, 3.8) is 0 Å². The molecule has 3 aromatic rings. The van der Waals surface area contributed by atoms with Crippen LogP contribution < -0.4 is 10.6 Å². The van der Waals surface area contributed by atoms with Crippen LogP contribution in [-0.2, 0) is 21.0 Å². The molecule has 0 unspecified atom stereocenters. The first kappa shape index (κ1) is 31.6. The number of carbonyl (C=O) groups excluding carboxylic acids is 1. The molecule has 1 aliphatic heterocycles. The number of amides is 1. The van der Waals surface area contributed by atoms with E-state index >= 15 is 0 Å². The molecule has 1 heterocycles. The predicted octanol–water partition coefficient (Wildman–Crippen LogP) is 8.46. The second kappa shape index (κ2) is 12.7. The Kier molecular flexibility index (Phi) is 9.32. The molecule has 0 aromatic heterocycles. The predicted molar refractivity (Wildman–Crippen MR) is 163 cm³/mol. The van der Waals surface area contributed by atoms with Gasteiger partial charge in [-0.2, -0.15) is 17.5 Å². The zero-order chi connectivity index (χ0) is 30.9. The Labute approximate surface area is 259 Å². The number of alkyl halides is 3. The summed E-state index contributed by atoms with van der Waals surface area (Å²) in [7, 11) is -4.30. The Hall–Kier alpha value is -2.79. The van der Waals surface area contributed by atoms with Crippen LogP contribution in [0.4, 0.5) is 24.5 Å². The van der Waals surface area contributed by atoms with Gasteiger partial charge >= 0.3 is 6.18 Å². The van der Waals surface area contributed by atoms with Crippen molar-refractivity contribution in [3.8, 4) is 0 Å². The number of carbonyl (C=O) groups is 1. The molecular formula is C31H32Cl2F3N3O3S. The highest BCUT2D eigenvalue weighted by Crippen LogP contribution is 2.43. The third kappa shape index (κ3) is 6.82. The van der Waals surface area contributed by atoms with Crippen LogP contribution in [0.15, 0.2) is 65.6 Å². The molecule has 2 aliphatic rings. The van der Waals surface area contributed by atoms with E-state index in [0.717, 1.165) is 37.4 Å². The highest BCUT2D eigenvalue weighted by atomic mass is 35.5. The summed E-state index contributed by atoms with van der Waals surface area (Å²) < 4.78 is 70.2. The van der Waals surface area contributed by atoms with Gasteiger partial charge in [-0.1, -0.05) is 60.3 Å². The van der Waals surface area contributed by atoms with Crippen LogP contribution in [0.3, 0.4) is 0 Å². The maximum absolute atomic E-state index is 14.1. The summed E-state index contributed by atoms with van der Waals surface area (Å²) >= 11 is 12.7. The van der Waals surface area contributed by atoms with Crippen molar-refractivity contribution in [1.82, 2.24) is 4.31 Å². The van der Waals surface area contributed by atoms with Crippen molar-refractivity contribution < 1.29 is 26.4 Å². The Morgan fingerprint density at radius 1 is 0.907 bits per heavy atom. The molecular weight excluding hydrogens is 622 g/mol.